The van der Waals surface area contributed by atoms with E-state index < -0.39 is 10.0 Å². The van der Waals surface area contributed by atoms with Gasteiger partial charge in [-0.1, -0.05) is 18.8 Å². The van der Waals surface area contributed by atoms with Crippen molar-refractivity contribution in [3.63, 3.8) is 0 Å². The Morgan fingerprint density at radius 2 is 2.05 bits per heavy atom. The molecule has 1 aromatic carbocycles. The van der Waals surface area contributed by atoms with Gasteiger partial charge in [-0.15, -0.1) is 0 Å². The van der Waals surface area contributed by atoms with Gasteiger partial charge in [0.2, 0.25) is 0 Å². The van der Waals surface area contributed by atoms with Crippen LogP contribution in [-0.4, -0.2) is 30.1 Å². The summed E-state index contributed by atoms with van der Waals surface area (Å²) in [6.45, 7) is 1.67. The van der Waals surface area contributed by atoms with E-state index in [0.717, 1.165) is 0 Å². The zero-order valence-corrected chi connectivity index (χ0v) is 12.2. The molecule has 0 aliphatic heterocycles. The van der Waals surface area contributed by atoms with E-state index in [4.69, 9.17) is 5.11 Å². The molecule has 0 bridgehead atoms. The predicted octanol–water partition coefficient (Wildman–Crippen LogP) is 1.12. The molecule has 0 aliphatic rings. The molecule has 0 atom stereocenters. The number of aromatic nitrogens is 2. The quantitative estimate of drug-likeness (QED) is 0.738. The van der Waals surface area contributed by atoms with Crippen molar-refractivity contribution in [2.75, 3.05) is 11.3 Å². The van der Waals surface area contributed by atoms with Gasteiger partial charge in [0.1, 0.15) is 12.4 Å². The van der Waals surface area contributed by atoms with E-state index >= 15 is 0 Å². The molecule has 6 nitrogen and oxygen atoms in total. The van der Waals surface area contributed by atoms with Crippen molar-refractivity contribution in [2.45, 2.75) is 18.4 Å². The number of sulfonamides is 1. The Morgan fingerprint density at radius 3 is 2.62 bits per heavy atom. The molecule has 0 radical (unpaired) electrons. The van der Waals surface area contributed by atoms with E-state index in [9.17, 15) is 8.42 Å². The summed E-state index contributed by atoms with van der Waals surface area (Å²) in [6.07, 6.45) is 1.93. The van der Waals surface area contributed by atoms with Gasteiger partial charge in [0.15, 0.2) is 5.03 Å². The summed E-state index contributed by atoms with van der Waals surface area (Å²) in [6, 6.07) is 6.56. The van der Waals surface area contributed by atoms with Gasteiger partial charge in [-0.05, 0) is 24.3 Å². The molecule has 0 saturated heterocycles. The highest BCUT2D eigenvalue weighted by molar-refractivity contribution is 7.92. The summed E-state index contributed by atoms with van der Waals surface area (Å²) in [5.74, 6) is 5.87. The molecule has 0 unspecified atom stereocenters. The Balaban J connectivity index is 2.16. The molecule has 2 rings (SSSR count). The summed E-state index contributed by atoms with van der Waals surface area (Å²) in [5.41, 5.74) is 1.12. The van der Waals surface area contributed by atoms with Gasteiger partial charge in [0.05, 0.1) is 6.20 Å². The van der Waals surface area contributed by atoms with Crippen LogP contribution in [0.25, 0.3) is 0 Å². The molecule has 0 spiro atoms. The lowest BCUT2D eigenvalue weighted by Crippen LogP contribution is -2.13. The van der Waals surface area contributed by atoms with Crippen molar-refractivity contribution >= 4 is 15.7 Å². The summed E-state index contributed by atoms with van der Waals surface area (Å²) in [5, 5.41) is 8.64. The standard InChI is InChI=1S/C14H15N3O3S/c1-2-13-15-10-14(16-13)21(19,20)17-12-7-5-11(6-8-12)4-3-9-18/h5-8,10,17-18H,2,9H2,1H3,(H,15,16). The van der Waals surface area contributed by atoms with Crippen molar-refractivity contribution < 1.29 is 13.5 Å². The number of hydrogen-bond acceptors (Lipinski definition) is 4. The molecule has 21 heavy (non-hydrogen) atoms. The number of hydrogen-bond donors (Lipinski definition) is 3. The van der Waals surface area contributed by atoms with Crippen molar-refractivity contribution in [2.24, 2.45) is 0 Å². The third-order valence-corrected chi connectivity index (χ3v) is 3.97. The Labute approximate surface area is 123 Å². The minimum Gasteiger partial charge on any atom is -0.384 e. The number of aliphatic hydroxyl groups is 1. The van der Waals surface area contributed by atoms with Gasteiger partial charge in [-0.2, -0.15) is 8.42 Å². The molecule has 3 N–H and O–H groups in total. The third-order valence-electron chi connectivity index (χ3n) is 2.68. The van der Waals surface area contributed by atoms with Crippen molar-refractivity contribution in [3.05, 3.63) is 41.9 Å². The molecule has 7 heteroatoms. The highest BCUT2D eigenvalue weighted by Crippen LogP contribution is 2.15. The maximum absolute atomic E-state index is 12.1. The van der Waals surface area contributed by atoms with E-state index in [1.807, 2.05) is 6.92 Å². The highest BCUT2D eigenvalue weighted by Gasteiger charge is 2.16. The largest absolute Gasteiger partial charge is 0.384 e. The minimum atomic E-state index is -3.68. The van der Waals surface area contributed by atoms with Crippen LogP contribution < -0.4 is 4.72 Å². The number of nitrogens with zero attached hydrogens (tertiary/aromatic N) is 1. The molecule has 2 aromatic rings. The molecule has 0 amide bonds. The number of imidazole rings is 1. The summed E-state index contributed by atoms with van der Waals surface area (Å²) < 4.78 is 26.7. The van der Waals surface area contributed by atoms with Crippen LogP contribution in [-0.2, 0) is 16.4 Å². The second-order valence-corrected chi connectivity index (χ2v) is 5.84. The van der Waals surface area contributed by atoms with Gasteiger partial charge < -0.3 is 10.1 Å². The monoisotopic (exact) mass is 305 g/mol. The number of aromatic amines is 1. The minimum absolute atomic E-state index is 0.0310. The van der Waals surface area contributed by atoms with Crippen LogP contribution in [0.4, 0.5) is 5.69 Å². The van der Waals surface area contributed by atoms with Crippen LogP contribution >= 0.6 is 0 Å². The topological polar surface area (TPSA) is 95.1 Å². The van der Waals surface area contributed by atoms with E-state index in [2.05, 4.69) is 26.5 Å². The van der Waals surface area contributed by atoms with Crippen LogP contribution in [0.2, 0.25) is 0 Å². The van der Waals surface area contributed by atoms with Crippen LogP contribution in [0.5, 0.6) is 0 Å². The molecule has 0 aliphatic carbocycles. The van der Waals surface area contributed by atoms with Crippen LogP contribution in [0, 0.1) is 11.8 Å². The molecule has 1 aromatic heterocycles. The van der Waals surface area contributed by atoms with Gasteiger partial charge in [0.25, 0.3) is 10.0 Å². The zero-order valence-electron chi connectivity index (χ0n) is 11.4. The van der Waals surface area contributed by atoms with Crippen LogP contribution in [0.1, 0.15) is 18.3 Å². The average Bonchev–Trinajstić information content (AvgIpc) is 2.96. The average molecular weight is 305 g/mol. The van der Waals surface area contributed by atoms with E-state index in [-0.39, 0.29) is 11.6 Å². The fourth-order valence-corrected chi connectivity index (χ4v) is 2.63. The van der Waals surface area contributed by atoms with Gasteiger partial charge in [-0.3, -0.25) is 4.72 Å². The first kappa shape index (κ1) is 15.1. The maximum Gasteiger partial charge on any atom is 0.278 e. The fraction of sp³-hybridized carbons (Fsp3) is 0.214. The number of anilines is 1. The van der Waals surface area contributed by atoms with Crippen molar-refractivity contribution in [1.29, 1.82) is 0 Å². The van der Waals surface area contributed by atoms with Gasteiger partial charge in [0, 0.05) is 17.7 Å². The second kappa shape index (κ2) is 6.43. The normalized spacial score (nSPS) is 10.8. The first-order valence-corrected chi connectivity index (χ1v) is 7.80. The number of benzene rings is 1. The summed E-state index contributed by atoms with van der Waals surface area (Å²) in [4.78, 5) is 6.72. The highest BCUT2D eigenvalue weighted by atomic mass is 32.2. The third kappa shape index (κ3) is 3.84. The zero-order chi connectivity index (χ0) is 15.3. The Bertz CT molecular complexity index is 768. The molecule has 110 valence electrons. The summed E-state index contributed by atoms with van der Waals surface area (Å²) >= 11 is 0. The molecule has 1 heterocycles. The molecular formula is C14H15N3O3S. The first-order chi connectivity index (χ1) is 10.0. The number of aryl methyl sites for hydroxylation is 1. The van der Waals surface area contributed by atoms with Crippen molar-refractivity contribution in [1.82, 2.24) is 9.97 Å². The maximum atomic E-state index is 12.1. The van der Waals surface area contributed by atoms with Crippen molar-refractivity contribution in [3.8, 4) is 11.8 Å². The predicted molar refractivity (Wildman–Crippen MR) is 79.2 cm³/mol. The van der Waals surface area contributed by atoms with E-state index in [1.165, 1.54) is 6.20 Å². The Kier molecular flexibility index (Phi) is 4.62. The second-order valence-electron chi connectivity index (χ2n) is 4.19. The lowest BCUT2D eigenvalue weighted by molar-refractivity contribution is 0.350. The van der Waals surface area contributed by atoms with Gasteiger partial charge in [-0.25, -0.2) is 4.98 Å². The van der Waals surface area contributed by atoms with E-state index in [1.54, 1.807) is 24.3 Å². The Hall–Kier alpha value is -2.30. The number of rotatable bonds is 4. The number of nitrogens with one attached hydrogen (secondary N) is 2. The number of H-pyrrole nitrogens is 1. The lowest BCUT2D eigenvalue weighted by Gasteiger charge is -2.06. The smallest absolute Gasteiger partial charge is 0.278 e. The van der Waals surface area contributed by atoms with Gasteiger partial charge >= 0.3 is 0 Å². The SMILES string of the molecule is CCc1ncc(S(=O)(=O)Nc2ccc(C#CCO)cc2)[nH]1. The van der Waals surface area contributed by atoms with Crippen LogP contribution in [0.3, 0.4) is 0 Å². The number of aliphatic hydroxyl groups excluding tert-OH is 1. The lowest BCUT2D eigenvalue weighted by atomic mass is 10.2. The fourth-order valence-electron chi connectivity index (χ4n) is 1.63. The van der Waals surface area contributed by atoms with E-state index in [0.29, 0.717) is 23.5 Å². The molecular weight excluding hydrogens is 290 g/mol. The Morgan fingerprint density at radius 1 is 1.33 bits per heavy atom. The summed E-state index contributed by atoms with van der Waals surface area (Å²) in [7, 11) is -3.68. The molecule has 0 saturated carbocycles. The molecule has 0 fully saturated rings. The first-order valence-electron chi connectivity index (χ1n) is 6.31. The van der Waals surface area contributed by atoms with Crippen LogP contribution in [0.15, 0.2) is 35.5 Å².